The molecule has 0 aliphatic rings. The van der Waals surface area contributed by atoms with Gasteiger partial charge in [0, 0.05) is 5.56 Å². The van der Waals surface area contributed by atoms with Crippen LogP contribution in [0.25, 0.3) is 0 Å². The molecule has 0 bridgehead atoms. The van der Waals surface area contributed by atoms with Crippen LogP contribution in [0.3, 0.4) is 0 Å². The van der Waals surface area contributed by atoms with Crippen molar-refractivity contribution in [2.75, 3.05) is 0 Å². The summed E-state index contributed by atoms with van der Waals surface area (Å²) >= 11 is 0. The van der Waals surface area contributed by atoms with E-state index in [4.69, 9.17) is 4.42 Å². The van der Waals surface area contributed by atoms with Crippen LogP contribution in [-0.2, 0) is 0 Å². The van der Waals surface area contributed by atoms with Crippen LogP contribution in [0.15, 0.2) is 40.8 Å². The first-order valence-electron chi connectivity index (χ1n) is 4.91. The number of benzene rings is 1. The van der Waals surface area contributed by atoms with Gasteiger partial charge in [-0.25, -0.2) is 0 Å². The summed E-state index contributed by atoms with van der Waals surface area (Å²) in [5.41, 5.74) is 2.13. The lowest BCUT2D eigenvalue weighted by molar-refractivity contribution is 0.110. The molecule has 1 aromatic heterocycles. The highest BCUT2D eigenvalue weighted by Gasteiger charge is 1.96. The predicted molar refractivity (Wildman–Crippen MR) is 61.3 cm³/mol. The molecule has 0 aliphatic carbocycles. The second-order valence-electron chi connectivity index (χ2n) is 3.44. The Hall–Kier alpha value is -2.27. The Morgan fingerprint density at radius 1 is 1.06 bits per heavy atom. The van der Waals surface area contributed by atoms with Gasteiger partial charge in [0.05, 0.1) is 0 Å². The molecule has 2 rings (SSSR count). The molecule has 0 aliphatic heterocycles. The summed E-state index contributed by atoms with van der Waals surface area (Å²) in [6, 6.07) is 11.2. The molecule has 0 saturated heterocycles. The number of aryl methyl sites for hydroxylation is 1. The lowest BCUT2D eigenvalue weighted by Gasteiger charge is -1.90. The Morgan fingerprint density at radius 3 is 2.44 bits per heavy atom. The molecule has 1 aromatic carbocycles. The van der Waals surface area contributed by atoms with Crippen molar-refractivity contribution in [3.8, 4) is 11.8 Å². The molecule has 0 radical (unpaired) electrons. The fourth-order valence-corrected chi connectivity index (χ4v) is 1.25. The number of hydrogen-bond acceptors (Lipinski definition) is 2. The second-order valence-corrected chi connectivity index (χ2v) is 3.44. The summed E-state index contributed by atoms with van der Waals surface area (Å²) in [6.45, 7) is 2.03. The monoisotopic (exact) mass is 210 g/mol. The van der Waals surface area contributed by atoms with Gasteiger partial charge in [0.1, 0.15) is 0 Å². The molecule has 2 nitrogen and oxygen atoms in total. The molecule has 0 amide bonds. The predicted octanol–water partition coefficient (Wildman–Crippen LogP) is 2.80. The molecule has 16 heavy (non-hydrogen) atoms. The van der Waals surface area contributed by atoms with Crippen molar-refractivity contribution in [2.45, 2.75) is 6.92 Å². The molecule has 0 atom stereocenters. The number of furan rings is 1. The quantitative estimate of drug-likeness (QED) is 0.535. The summed E-state index contributed by atoms with van der Waals surface area (Å²) in [5, 5.41) is 0. The average molecular weight is 210 g/mol. The van der Waals surface area contributed by atoms with Crippen molar-refractivity contribution in [3.63, 3.8) is 0 Å². The van der Waals surface area contributed by atoms with Gasteiger partial charge >= 0.3 is 0 Å². The molecule has 1 heterocycles. The molecule has 0 fully saturated rings. The van der Waals surface area contributed by atoms with Crippen LogP contribution in [-0.4, -0.2) is 6.29 Å². The zero-order valence-electron chi connectivity index (χ0n) is 8.86. The van der Waals surface area contributed by atoms with E-state index in [-0.39, 0.29) is 0 Å². The van der Waals surface area contributed by atoms with E-state index in [1.54, 1.807) is 12.1 Å². The minimum Gasteiger partial charge on any atom is -0.445 e. The van der Waals surface area contributed by atoms with E-state index in [9.17, 15) is 4.79 Å². The second kappa shape index (κ2) is 4.50. The van der Waals surface area contributed by atoms with Gasteiger partial charge < -0.3 is 4.42 Å². The standard InChI is InChI=1S/C14H10O2/c1-11-2-4-12(5-3-11)6-7-13-8-9-14(10-15)16-13/h2-5,8-10H,1H3. The van der Waals surface area contributed by atoms with Gasteiger partial charge in [-0.05, 0) is 37.1 Å². The van der Waals surface area contributed by atoms with E-state index in [0.29, 0.717) is 17.8 Å². The van der Waals surface area contributed by atoms with E-state index >= 15 is 0 Å². The Balaban J connectivity index is 2.21. The van der Waals surface area contributed by atoms with Crippen molar-refractivity contribution in [1.29, 1.82) is 0 Å². The first-order valence-corrected chi connectivity index (χ1v) is 4.91. The summed E-state index contributed by atoms with van der Waals surface area (Å²) in [7, 11) is 0. The average Bonchev–Trinajstić information content (AvgIpc) is 2.76. The van der Waals surface area contributed by atoms with Crippen molar-refractivity contribution < 1.29 is 9.21 Å². The fourth-order valence-electron chi connectivity index (χ4n) is 1.25. The molecule has 2 heteroatoms. The van der Waals surface area contributed by atoms with Gasteiger partial charge in [0.15, 0.2) is 17.8 Å². The molecule has 0 saturated carbocycles. The highest BCUT2D eigenvalue weighted by Crippen LogP contribution is 2.05. The molecule has 2 aromatic rings. The topological polar surface area (TPSA) is 30.2 Å². The van der Waals surface area contributed by atoms with Crippen molar-refractivity contribution in [3.05, 3.63) is 59.0 Å². The Bertz CT molecular complexity index is 550. The normalized spacial score (nSPS) is 9.31. The maximum atomic E-state index is 10.4. The van der Waals surface area contributed by atoms with E-state index in [2.05, 4.69) is 11.8 Å². The number of rotatable bonds is 1. The molecule has 0 unspecified atom stereocenters. The van der Waals surface area contributed by atoms with Gasteiger partial charge in [-0.2, -0.15) is 0 Å². The highest BCUT2D eigenvalue weighted by atomic mass is 16.3. The summed E-state index contributed by atoms with van der Waals surface area (Å²) in [6.07, 6.45) is 0.664. The third-order valence-corrected chi connectivity index (χ3v) is 2.12. The molecular formula is C14H10O2. The Kier molecular flexibility index (Phi) is 2.88. The SMILES string of the molecule is Cc1ccc(C#Cc2ccc(C=O)o2)cc1. The van der Waals surface area contributed by atoms with Crippen LogP contribution in [0, 0.1) is 18.8 Å². The van der Waals surface area contributed by atoms with Crippen molar-refractivity contribution >= 4 is 6.29 Å². The van der Waals surface area contributed by atoms with Crippen LogP contribution in [0.1, 0.15) is 27.4 Å². The number of carbonyl (C=O) groups excluding carboxylic acids is 1. The van der Waals surface area contributed by atoms with Gasteiger partial charge in [-0.3, -0.25) is 4.79 Å². The maximum absolute atomic E-state index is 10.4. The Morgan fingerprint density at radius 2 is 1.81 bits per heavy atom. The van der Waals surface area contributed by atoms with Gasteiger partial charge in [-0.1, -0.05) is 23.6 Å². The van der Waals surface area contributed by atoms with Crippen LogP contribution in [0.4, 0.5) is 0 Å². The van der Waals surface area contributed by atoms with Crippen molar-refractivity contribution in [1.82, 2.24) is 0 Å². The Labute approximate surface area is 93.9 Å². The summed E-state index contributed by atoms with van der Waals surface area (Å²) in [4.78, 5) is 10.4. The minimum atomic E-state index is 0.299. The smallest absolute Gasteiger partial charge is 0.185 e. The first kappa shape index (κ1) is 10.3. The lowest BCUT2D eigenvalue weighted by atomic mass is 10.1. The summed E-state index contributed by atoms with van der Waals surface area (Å²) < 4.78 is 5.14. The van der Waals surface area contributed by atoms with Crippen LogP contribution >= 0.6 is 0 Å². The maximum Gasteiger partial charge on any atom is 0.185 e. The van der Waals surface area contributed by atoms with Crippen LogP contribution < -0.4 is 0 Å². The molecule has 78 valence electrons. The lowest BCUT2D eigenvalue weighted by Crippen LogP contribution is -1.75. The molecule has 0 N–H and O–H groups in total. The third-order valence-electron chi connectivity index (χ3n) is 2.12. The molecule has 0 spiro atoms. The van der Waals surface area contributed by atoms with Gasteiger partial charge in [0.2, 0.25) is 0 Å². The highest BCUT2D eigenvalue weighted by molar-refractivity contribution is 5.70. The van der Waals surface area contributed by atoms with Crippen LogP contribution in [0.5, 0.6) is 0 Å². The zero-order chi connectivity index (χ0) is 11.4. The van der Waals surface area contributed by atoms with E-state index in [1.807, 2.05) is 31.2 Å². The zero-order valence-corrected chi connectivity index (χ0v) is 8.86. The van der Waals surface area contributed by atoms with E-state index < -0.39 is 0 Å². The fraction of sp³-hybridized carbons (Fsp3) is 0.0714. The minimum absolute atomic E-state index is 0.299. The summed E-state index contributed by atoms with van der Waals surface area (Å²) in [5.74, 6) is 6.63. The van der Waals surface area contributed by atoms with E-state index in [1.165, 1.54) is 5.56 Å². The number of aldehydes is 1. The van der Waals surface area contributed by atoms with Gasteiger partial charge in [0.25, 0.3) is 0 Å². The largest absolute Gasteiger partial charge is 0.445 e. The van der Waals surface area contributed by atoms with Gasteiger partial charge in [-0.15, -0.1) is 0 Å². The number of carbonyl (C=O) groups is 1. The third kappa shape index (κ3) is 2.40. The van der Waals surface area contributed by atoms with Crippen LogP contribution in [0.2, 0.25) is 0 Å². The van der Waals surface area contributed by atoms with Crippen molar-refractivity contribution in [2.24, 2.45) is 0 Å². The number of hydrogen-bond donors (Lipinski definition) is 0. The first-order chi connectivity index (χ1) is 7.78. The molecular weight excluding hydrogens is 200 g/mol. The van der Waals surface area contributed by atoms with E-state index in [0.717, 1.165) is 5.56 Å².